The second-order valence-electron chi connectivity index (χ2n) is 5.64. The van der Waals surface area contributed by atoms with Crippen molar-refractivity contribution in [3.63, 3.8) is 0 Å². The Kier molecular flexibility index (Phi) is 18.8. The van der Waals surface area contributed by atoms with Crippen molar-refractivity contribution in [1.29, 1.82) is 0 Å². The van der Waals surface area contributed by atoms with Gasteiger partial charge in [0.2, 0.25) is 0 Å². The molecular formula is C16H34BrNO2. The summed E-state index contributed by atoms with van der Waals surface area (Å²) in [4.78, 5) is 13.1. The van der Waals surface area contributed by atoms with E-state index in [1.165, 1.54) is 57.8 Å². The first-order chi connectivity index (χ1) is 9.16. The van der Waals surface area contributed by atoms with Gasteiger partial charge in [-0.3, -0.25) is 9.69 Å². The number of ether oxygens (including phenoxy) is 1. The molecule has 0 aromatic rings. The third-order valence-electron chi connectivity index (χ3n) is 3.21. The Morgan fingerprint density at radius 3 is 1.75 bits per heavy atom. The summed E-state index contributed by atoms with van der Waals surface area (Å²) in [6.45, 7) is 3.23. The average molecular weight is 352 g/mol. The van der Waals surface area contributed by atoms with Crippen LogP contribution in [0.1, 0.15) is 71.1 Å². The second-order valence-corrected chi connectivity index (χ2v) is 5.64. The Bertz CT molecular complexity index is 211. The smallest absolute Gasteiger partial charge is 0.320 e. The zero-order valence-electron chi connectivity index (χ0n) is 13.7. The summed E-state index contributed by atoms with van der Waals surface area (Å²) in [6.07, 6.45) is 13.1. The van der Waals surface area contributed by atoms with Crippen LogP contribution in [0.3, 0.4) is 0 Å². The third-order valence-corrected chi connectivity index (χ3v) is 3.21. The number of nitrogens with zero attached hydrogens (tertiary/aromatic N) is 1. The highest BCUT2D eigenvalue weighted by Gasteiger charge is 2.03. The molecule has 0 aromatic heterocycles. The topological polar surface area (TPSA) is 29.5 Å². The number of carbonyl (C=O) groups is 1. The number of unbranched alkanes of at least 4 members (excludes halogenated alkanes) is 9. The van der Waals surface area contributed by atoms with Gasteiger partial charge < -0.3 is 4.74 Å². The quantitative estimate of drug-likeness (QED) is 0.359. The molecule has 0 heterocycles. The highest BCUT2D eigenvalue weighted by Crippen LogP contribution is 2.10. The van der Waals surface area contributed by atoms with Crippen LogP contribution in [0.25, 0.3) is 0 Å². The number of hydrogen-bond donors (Lipinski definition) is 0. The Morgan fingerprint density at radius 1 is 0.850 bits per heavy atom. The van der Waals surface area contributed by atoms with Crippen LogP contribution in [0.4, 0.5) is 0 Å². The molecule has 0 rings (SSSR count). The van der Waals surface area contributed by atoms with E-state index in [-0.39, 0.29) is 23.0 Å². The Labute approximate surface area is 136 Å². The van der Waals surface area contributed by atoms with E-state index in [4.69, 9.17) is 4.74 Å². The van der Waals surface area contributed by atoms with E-state index in [0.29, 0.717) is 13.2 Å². The maximum atomic E-state index is 11.2. The lowest BCUT2D eigenvalue weighted by atomic mass is 10.1. The van der Waals surface area contributed by atoms with Gasteiger partial charge in [0.1, 0.15) is 0 Å². The van der Waals surface area contributed by atoms with E-state index in [0.717, 1.165) is 6.42 Å². The van der Waals surface area contributed by atoms with Crippen molar-refractivity contribution in [1.82, 2.24) is 4.90 Å². The number of halogens is 1. The molecule has 0 aromatic carbocycles. The zero-order chi connectivity index (χ0) is 14.3. The van der Waals surface area contributed by atoms with Crippen molar-refractivity contribution in [3.8, 4) is 0 Å². The van der Waals surface area contributed by atoms with E-state index < -0.39 is 0 Å². The minimum Gasteiger partial charge on any atom is -0.465 e. The first-order valence-corrected chi connectivity index (χ1v) is 7.97. The summed E-state index contributed by atoms with van der Waals surface area (Å²) in [7, 11) is 3.75. The second kappa shape index (κ2) is 17.0. The fourth-order valence-corrected chi connectivity index (χ4v) is 2.08. The van der Waals surface area contributed by atoms with Gasteiger partial charge in [-0.1, -0.05) is 64.7 Å². The zero-order valence-corrected chi connectivity index (χ0v) is 15.4. The van der Waals surface area contributed by atoms with Crippen LogP contribution in [-0.2, 0) is 9.53 Å². The molecule has 0 radical (unpaired) electrons. The van der Waals surface area contributed by atoms with Gasteiger partial charge in [-0.15, -0.1) is 17.0 Å². The van der Waals surface area contributed by atoms with Crippen molar-refractivity contribution >= 4 is 23.0 Å². The first-order valence-electron chi connectivity index (χ1n) is 7.97. The van der Waals surface area contributed by atoms with Gasteiger partial charge in [0, 0.05) is 0 Å². The van der Waals surface area contributed by atoms with Crippen LogP contribution < -0.4 is 0 Å². The summed E-state index contributed by atoms with van der Waals surface area (Å²) in [5.41, 5.74) is 0. The lowest BCUT2D eigenvalue weighted by Crippen LogP contribution is -2.23. The van der Waals surface area contributed by atoms with E-state index in [1.54, 1.807) is 0 Å². The molecule has 0 fully saturated rings. The van der Waals surface area contributed by atoms with E-state index >= 15 is 0 Å². The van der Waals surface area contributed by atoms with Crippen LogP contribution in [0.5, 0.6) is 0 Å². The highest BCUT2D eigenvalue weighted by atomic mass is 79.9. The summed E-state index contributed by atoms with van der Waals surface area (Å²) in [5, 5.41) is 0. The maximum Gasteiger partial charge on any atom is 0.320 e. The summed E-state index contributed by atoms with van der Waals surface area (Å²) in [5.74, 6) is -0.110. The molecule has 0 aliphatic heterocycles. The Hall–Kier alpha value is -0.0900. The average Bonchev–Trinajstić information content (AvgIpc) is 2.35. The van der Waals surface area contributed by atoms with Crippen LogP contribution >= 0.6 is 17.0 Å². The van der Waals surface area contributed by atoms with Crippen LogP contribution in [-0.4, -0.2) is 38.1 Å². The van der Waals surface area contributed by atoms with Crippen molar-refractivity contribution in [2.45, 2.75) is 71.1 Å². The lowest BCUT2D eigenvalue weighted by molar-refractivity contribution is -0.144. The van der Waals surface area contributed by atoms with Crippen LogP contribution in [0, 0.1) is 0 Å². The number of rotatable bonds is 13. The number of esters is 1. The summed E-state index contributed by atoms with van der Waals surface area (Å²) < 4.78 is 5.14. The van der Waals surface area contributed by atoms with Gasteiger partial charge in [-0.05, 0) is 20.5 Å². The predicted molar refractivity (Wildman–Crippen MR) is 91.7 cm³/mol. The molecular weight excluding hydrogens is 318 g/mol. The molecule has 0 saturated heterocycles. The van der Waals surface area contributed by atoms with E-state index in [1.807, 2.05) is 19.0 Å². The molecule has 0 spiro atoms. The summed E-state index contributed by atoms with van der Waals surface area (Å²) in [6, 6.07) is 0. The SMILES string of the molecule is Br.CCCCCCCCCCCCOC(=O)CN(C)C. The molecule has 0 aliphatic carbocycles. The van der Waals surface area contributed by atoms with Gasteiger partial charge >= 0.3 is 5.97 Å². The Morgan fingerprint density at radius 2 is 1.30 bits per heavy atom. The van der Waals surface area contributed by atoms with Crippen molar-refractivity contribution < 1.29 is 9.53 Å². The monoisotopic (exact) mass is 351 g/mol. The first kappa shape index (κ1) is 22.2. The number of hydrogen-bond acceptors (Lipinski definition) is 3. The number of carbonyl (C=O) groups excluding carboxylic acids is 1. The largest absolute Gasteiger partial charge is 0.465 e. The fraction of sp³-hybridized carbons (Fsp3) is 0.938. The van der Waals surface area contributed by atoms with Gasteiger partial charge in [0.05, 0.1) is 13.2 Å². The van der Waals surface area contributed by atoms with E-state index in [9.17, 15) is 4.79 Å². The highest BCUT2D eigenvalue weighted by molar-refractivity contribution is 8.93. The third kappa shape index (κ3) is 17.9. The minimum absolute atomic E-state index is 0. The Balaban J connectivity index is 0. The standard InChI is InChI=1S/C16H33NO2.BrH/c1-4-5-6-7-8-9-10-11-12-13-14-19-16(18)15-17(2)3;/h4-15H2,1-3H3;1H. The molecule has 122 valence electrons. The van der Waals surface area contributed by atoms with Crippen molar-refractivity contribution in [3.05, 3.63) is 0 Å². The summed E-state index contributed by atoms with van der Waals surface area (Å²) >= 11 is 0. The molecule has 0 saturated carbocycles. The number of likely N-dealkylation sites (N-methyl/N-ethyl adjacent to an activating group) is 1. The maximum absolute atomic E-state index is 11.2. The molecule has 0 atom stereocenters. The van der Waals surface area contributed by atoms with Crippen LogP contribution in [0.15, 0.2) is 0 Å². The molecule has 0 N–H and O–H groups in total. The van der Waals surface area contributed by atoms with Gasteiger partial charge in [0.15, 0.2) is 0 Å². The lowest BCUT2D eigenvalue weighted by Gasteiger charge is -2.09. The normalized spacial score (nSPS) is 10.4. The van der Waals surface area contributed by atoms with Crippen molar-refractivity contribution in [2.24, 2.45) is 0 Å². The van der Waals surface area contributed by atoms with Crippen LogP contribution in [0.2, 0.25) is 0 Å². The van der Waals surface area contributed by atoms with Crippen molar-refractivity contribution in [2.75, 3.05) is 27.2 Å². The van der Waals surface area contributed by atoms with Gasteiger partial charge in [-0.25, -0.2) is 0 Å². The fourth-order valence-electron chi connectivity index (χ4n) is 2.08. The molecule has 20 heavy (non-hydrogen) atoms. The molecule has 0 unspecified atom stereocenters. The molecule has 3 nitrogen and oxygen atoms in total. The molecule has 0 aliphatic rings. The molecule has 0 amide bonds. The predicted octanol–water partition coefficient (Wildman–Crippen LogP) is 4.59. The van der Waals surface area contributed by atoms with Gasteiger partial charge in [-0.2, -0.15) is 0 Å². The molecule has 4 heteroatoms. The van der Waals surface area contributed by atoms with Gasteiger partial charge in [0.25, 0.3) is 0 Å². The minimum atomic E-state index is -0.110. The molecule has 0 bridgehead atoms. The van der Waals surface area contributed by atoms with E-state index in [2.05, 4.69) is 6.92 Å².